The zero-order chi connectivity index (χ0) is 25.2. The second kappa shape index (κ2) is 8.22. The Bertz CT molecular complexity index is 1370. The summed E-state index contributed by atoms with van der Waals surface area (Å²) in [6.45, 7) is 6.23. The number of ether oxygens (including phenoxy) is 2. The van der Waals surface area contributed by atoms with Gasteiger partial charge in [0.25, 0.3) is 0 Å². The molecule has 2 saturated carbocycles. The zero-order valence-corrected chi connectivity index (χ0v) is 21.7. The average molecular weight is 486 g/mol. The summed E-state index contributed by atoms with van der Waals surface area (Å²) in [7, 11) is 1.49. The number of esters is 2. The minimum Gasteiger partial charge on any atom is -0.469 e. The number of benzene rings is 2. The highest BCUT2D eigenvalue weighted by molar-refractivity contribution is 6.00. The van der Waals surface area contributed by atoms with Crippen molar-refractivity contribution in [3.8, 4) is 11.3 Å². The lowest BCUT2D eigenvalue weighted by Gasteiger charge is -2.24. The van der Waals surface area contributed by atoms with Crippen molar-refractivity contribution in [2.24, 2.45) is 5.41 Å². The quantitative estimate of drug-likeness (QED) is 0.376. The van der Waals surface area contributed by atoms with Gasteiger partial charge < -0.3 is 14.0 Å². The first-order valence-corrected chi connectivity index (χ1v) is 13.3. The Kier molecular flexibility index (Phi) is 5.33. The maximum Gasteiger partial charge on any atom is 0.338 e. The zero-order valence-electron chi connectivity index (χ0n) is 21.7. The molecule has 3 aliphatic rings. The molecule has 5 heteroatoms. The monoisotopic (exact) mass is 485 g/mol. The lowest BCUT2D eigenvalue weighted by Crippen LogP contribution is -2.25. The number of carbonyl (C=O) groups excluding carboxylic acids is 2. The maximum atomic E-state index is 13.2. The summed E-state index contributed by atoms with van der Waals surface area (Å²) in [6, 6.07) is 14.6. The lowest BCUT2D eigenvalue weighted by atomic mass is 9.81. The van der Waals surface area contributed by atoms with Gasteiger partial charge in [-0.2, -0.15) is 0 Å². The van der Waals surface area contributed by atoms with Gasteiger partial charge in [-0.15, -0.1) is 0 Å². The molecule has 2 fully saturated rings. The Balaban J connectivity index is 1.62. The smallest absolute Gasteiger partial charge is 0.338 e. The second-order valence-electron chi connectivity index (χ2n) is 11.9. The number of methoxy groups -OCH3 is 1. The number of fused-ring (bicyclic) bond motifs is 7. The fourth-order valence-corrected chi connectivity index (χ4v) is 6.78. The van der Waals surface area contributed by atoms with Crippen LogP contribution >= 0.6 is 0 Å². The van der Waals surface area contributed by atoms with E-state index in [0.717, 1.165) is 11.9 Å². The molecular formula is C31H35NO4. The standard InChI is InChI=1S/C31H35NO4/c1-30(2,3)36-28(33)20-14-15-23-25(16-20)32-18-31(29(34)35-4)17-24(31)21-12-8-9-13-22(21)27(32)26(23)19-10-6-5-7-11-19/h8-9,12-16,19,24H,5-7,10-11,17-18H2,1-4H3. The van der Waals surface area contributed by atoms with Crippen LogP contribution < -0.4 is 0 Å². The highest BCUT2D eigenvalue weighted by Crippen LogP contribution is 2.65. The third-order valence-corrected chi connectivity index (χ3v) is 8.45. The minimum atomic E-state index is -0.565. The summed E-state index contributed by atoms with van der Waals surface area (Å²) < 4.78 is 13.4. The molecular weight excluding hydrogens is 450 g/mol. The van der Waals surface area contributed by atoms with Gasteiger partial charge >= 0.3 is 11.9 Å². The summed E-state index contributed by atoms with van der Waals surface area (Å²) in [5.74, 6) is 0.172. The molecule has 0 radical (unpaired) electrons. The van der Waals surface area contributed by atoms with E-state index in [2.05, 4.69) is 34.9 Å². The molecule has 2 unspecified atom stereocenters. The van der Waals surface area contributed by atoms with Crippen LogP contribution in [0.3, 0.4) is 0 Å². The Labute approximate surface area is 212 Å². The molecule has 2 atom stereocenters. The number of aromatic nitrogens is 1. The van der Waals surface area contributed by atoms with Crippen molar-refractivity contribution in [3.05, 3.63) is 59.2 Å². The highest BCUT2D eigenvalue weighted by Gasteiger charge is 2.63. The van der Waals surface area contributed by atoms with Crippen molar-refractivity contribution in [3.63, 3.8) is 0 Å². The van der Waals surface area contributed by atoms with Gasteiger partial charge in [0.15, 0.2) is 0 Å². The molecule has 2 aromatic carbocycles. The molecule has 5 nitrogen and oxygen atoms in total. The summed E-state index contributed by atoms with van der Waals surface area (Å²) in [6.07, 6.45) is 6.91. The molecule has 1 aromatic heterocycles. The lowest BCUT2D eigenvalue weighted by molar-refractivity contribution is -0.147. The van der Waals surface area contributed by atoms with Crippen LogP contribution in [-0.2, 0) is 20.8 Å². The number of hydrogen-bond acceptors (Lipinski definition) is 4. The van der Waals surface area contributed by atoms with Gasteiger partial charge in [0.2, 0.25) is 0 Å². The van der Waals surface area contributed by atoms with Gasteiger partial charge in [-0.1, -0.05) is 49.6 Å². The molecule has 188 valence electrons. The highest BCUT2D eigenvalue weighted by atomic mass is 16.6. The molecule has 0 bridgehead atoms. The third-order valence-electron chi connectivity index (χ3n) is 8.45. The summed E-state index contributed by atoms with van der Waals surface area (Å²) in [5.41, 5.74) is 5.51. The second-order valence-corrected chi connectivity index (χ2v) is 11.9. The summed E-state index contributed by atoms with van der Waals surface area (Å²) in [4.78, 5) is 26.2. The molecule has 6 rings (SSSR count). The Morgan fingerprint density at radius 2 is 1.78 bits per heavy atom. The van der Waals surface area contributed by atoms with Crippen molar-refractivity contribution >= 4 is 22.8 Å². The van der Waals surface area contributed by atoms with Crippen LogP contribution in [0.4, 0.5) is 0 Å². The molecule has 0 amide bonds. The first kappa shape index (κ1) is 23.3. The van der Waals surface area contributed by atoms with E-state index in [1.165, 1.54) is 67.0 Å². The molecule has 2 aliphatic carbocycles. The Morgan fingerprint density at radius 3 is 2.50 bits per heavy atom. The predicted octanol–water partition coefficient (Wildman–Crippen LogP) is 6.97. The third kappa shape index (κ3) is 3.58. The van der Waals surface area contributed by atoms with E-state index < -0.39 is 11.0 Å². The van der Waals surface area contributed by atoms with Crippen molar-refractivity contribution < 1.29 is 19.1 Å². The van der Waals surface area contributed by atoms with Crippen LogP contribution in [0.5, 0.6) is 0 Å². The van der Waals surface area contributed by atoms with Gasteiger partial charge in [-0.25, -0.2) is 4.79 Å². The van der Waals surface area contributed by atoms with Gasteiger partial charge in [0.1, 0.15) is 5.60 Å². The molecule has 0 spiro atoms. The summed E-state index contributed by atoms with van der Waals surface area (Å²) >= 11 is 0. The van der Waals surface area contributed by atoms with E-state index in [4.69, 9.17) is 9.47 Å². The van der Waals surface area contributed by atoms with Gasteiger partial charge in [0.05, 0.1) is 23.8 Å². The van der Waals surface area contributed by atoms with Crippen molar-refractivity contribution in [1.82, 2.24) is 4.57 Å². The fourth-order valence-electron chi connectivity index (χ4n) is 6.78. The van der Waals surface area contributed by atoms with Crippen LogP contribution in [0.25, 0.3) is 22.2 Å². The molecule has 36 heavy (non-hydrogen) atoms. The Morgan fingerprint density at radius 1 is 1.03 bits per heavy atom. The topological polar surface area (TPSA) is 57.5 Å². The van der Waals surface area contributed by atoms with Gasteiger partial charge in [0, 0.05) is 28.9 Å². The van der Waals surface area contributed by atoms with Crippen molar-refractivity contribution in [2.75, 3.05) is 7.11 Å². The molecule has 0 saturated heterocycles. The first-order valence-electron chi connectivity index (χ1n) is 13.3. The Hall–Kier alpha value is -3.08. The maximum absolute atomic E-state index is 13.2. The van der Waals surface area contributed by atoms with E-state index in [-0.39, 0.29) is 17.9 Å². The van der Waals surface area contributed by atoms with Crippen LogP contribution in [0, 0.1) is 5.41 Å². The van der Waals surface area contributed by atoms with Gasteiger partial charge in [-0.3, -0.25) is 4.79 Å². The van der Waals surface area contributed by atoms with Gasteiger partial charge in [-0.05, 0) is 69.2 Å². The van der Waals surface area contributed by atoms with Crippen LogP contribution in [0.1, 0.15) is 92.6 Å². The van der Waals surface area contributed by atoms with E-state index in [0.29, 0.717) is 18.0 Å². The number of nitrogens with zero attached hydrogens (tertiary/aromatic N) is 1. The number of hydrogen-bond donors (Lipinski definition) is 0. The molecule has 0 N–H and O–H groups in total. The van der Waals surface area contributed by atoms with E-state index >= 15 is 0 Å². The normalized spacial score (nSPS) is 23.3. The van der Waals surface area contributed by atoms with E-state index in [1.807, 2.05) is 32.9 Å². The van der Waals surface area contributed by atoms with E-state index in [9.17, 15) is 9.59 Å². The molecule has 2 heterocycles. The van der Waals surface area contributed by atoms with Crippen LogP contribution in [0.2, 0.25) is 0 Å². The molecule has 3 aromatic rings. The average Bonchev–Trinajstić information content (AvgIpc) is 3.53. The number of rotatable bonds is 3. The minimum absolute atomic E-state index is 0.139. The first-order chi connectivity index (χ1) is 17.2. The van der Waals surface area contributed by atoms with Crippen LogP contribution in [0.15, 0.2) is 42.5 Å². The fraction of sp³-hybridized carbons (Fsp3) is 0.484. The van der Waals surface area contributed by atoms with E-state index in [1.54, 1.807) is 0 Å². The van der Waals surface area contributed by atoms with Crippen molar-refractivity contribution in [2.45, 2.75) is 83.3 Å². The predicted molar refractivity (Wildman–Crippen MR) is 140 cm³/mol. The SMILES string of the molecule is COC(=O)C12CC1c1ccccc1-c1c(C3CCCCC3)c3ccc(C(=O)OC(C)(C)C)cc3n1C2. The number of carbonyl (C=O) groups is 2. The van der Waals surface area contributed by atoms with Crippen LogP contribution in [-0.4, -0.2) is 29.2 Å². The van der Waals surface area contributed by atoms with Crippen molar-refractivity contribution in [1.29, 1.82) is 0 Å². The molecule has 1 aliphatic heterocycles. The summed E-state index contributed by atoms with van der Waals surface area (Å²) in [5, 5.41) is 1.19. The largest absolute Gasteiger partial charge is 0.469 e.